The topological polar surface area (TPSA) is 46.3 Å². The molecule has 1 amide bonds. The molecule has 0 radical (unpaired) electrons. The van der Waals surface area contributed by atoms with E-state index in [2.05, 4.69) is 38.6 Å². The molecule has 166 valence electrons. The molecule has 6 nitrogen and oxygen atoms in total. The fraction of sp³-hybridized carbons (Fsp3) is 0.625. The summed E-state index contributed by atoms with van der Waals surface area (Å²) in [4.78, 5) is 17.1. The average Bonchev–Trinajstić information content (AvgIpc) is 3.43. The third-order valence-electron chi connectivity index (χ3n) is 7.07. The van der Waals surface area contributed by atoms with Gasteiger partial charge in [-0.2, -0.15) is 5.10 Å². The van der Waals surface area contributed by atoms with Crippen LogP contribution in [0.5, 0.6) is 0 Å². The van der Waals surface area contributed by atoms with Crippen molar-refractivity contribution in [2.75, 3.05) is 26.2 Å². The van der Waals surface area contributed by atoms with E-state index in [0.717, 1.165) is 49.7 Å². The van der Waals surface area contributed by atoms with Crippen LogP contribution >= 0.6 is 12.2 Å². The molecule has 1 saturated heterocycles. The summed E-state index contributed by atoms with van der Waals surface area (Å²) in [6.07, 6.45) is 8.24. The van der Waals surface area contributed by atoms with Crippen LogP contribution in [0.2, 0.25) is 0 Å². The first-order valence-electron chi connectivity index (χ1n) is 11.9. The SMILES string of the molecule is O=C(CC1CCCC1)N1CCN(Cn2nc(C3CC3)n(Cc3ccccc3)c2=S)CC1. The zero-order valence-electron chi connectivity index (χ0n) is 18.3. The first kappa shape index (κ1) is 20.9. The van der Waals surface area contributed by atoms with Crippen LogP contribution in [-0.2, 0) is 18.0 Å². The van der Waals surface area contributed by atoms with Crippen molar-refractivity contribution in [3.63, 3.8) is 0 Å². The van der Waals surface area contributed by atoms with E-state index in [-0.39, 0.29) is 0 Å². The van der Waals surface area contributed by atoms with Gasteiger partial charge in [0.25, 0.3) is 0 Å². The van der Waals surface area contributed by atoms with Crippen molar-refractivity contribution in [3.8, 4) is 0 Å². The molecular formula is C24H33N5OS. The maximum atomic E-state index is 12.6. The molecule has 31 heavy (non-hydrogen) atoms. The highest BCUT2D eigenvalue weighted by Crippen LogP contribution is 2.39. The van der Waals surface area contributed by atoms with Crippen LogP contribution in [0.4, 0.5) is 0 Å². The van der Waals surface area contributed by atoms with E-state index in [4.69, 9.17) is 17.3 Å². The molecular weight excluding hydrogens is 406 g/mol. The van der Waals surface area contributed by atoms with E-state index in [1.54, 1.807) is 0 Å². The van der Waals surface area contributed by atoms with Crippen LogP contribution in [0, 0.1) is 10.7 Å². The number of hydrogen-bond acceptors (Lipinski definition) is 4. The van der Waals surface area contributed by atoms with Crippen LogP contribution in [0.15, 0.2) is 30.3 Å². The Hall–Kier alpha value is -1.99. The number of nitrogens with zero attached hydrogens (tertiary/aromatic N) is 5. The standard InChI is InChI=1S/C24H33N5OS/c30-22(16-19-6-4-5-7-19)27-14-12-26(13-15-27)18-29-24(31)28(23(25-29)21-10-11-21)17-20-8-2-1-3-9-20/h1-3,8-9,19,21H,4-7,10-18H2. The first-order chi connectivity index (χ1) is 15.2. The minimum Gasteiger partial charge on any atom is -0.340 e. The summed E-state index contributed by atoms with van der Waals surface area (Å²) in [6, 6.07) is 10.5. The minimum atomic E-state index is 0.353. The van der Waals surface area contributed by atoms with Gasteiger partial charge in [0.15, 0.2) is 4.77 Å². The highest BCUT2D eigenvalue weighted by atomic mass is 32.1. The second-order valence-electron chi connectivity index (χ2n) is 9.48. The molecule has 3 fully saturated rings. The van der Waals surface area contributed by atoms with Gasteiger partial charge in [-0.15, -0.1) is 0 Å². The van der Waals surface area contributed by atoms with Gasteiger partial charge in [0.1, 0.15) is 5.82 Å². The number of piperazine rings is 1. The van der Waals surface area contributed by atoms with Gasteiger partial charge in [0, 0.05) is 38.5 Å². The maximum Gasteiger partial charge on any atom is 0.222 e. The quantitative estimate of drug-likeness (QED) is 0.612. The Kier molecular flexibility index (Phi) is 6.23. The van der Waals surface area contributed by atoms with Crippen molar-refractivity contribution in [1.82, 2.24) is 24.1 Å². The lowest BCUT2D eigenvalue weighted by Crippen LogP contribution is -2.49. The van der Waals surface area contributed by atoms with Gasteiger partial charge < -0.3 is 4.90 Å². The number of carbonyl (C=O) groups is 1. The summed E-state index contributed by atoms with van der Waals surface area (Å²) in [5.41, 5.74) is 1.26. The minimum absolute atomic E-state index is 0.353. The van der Waals surface area contributed by atoms with Crippen molar-refractivity contribution in [2.24, 2.45) is 5.92 Å². The molecule has 2 saturated carbocycles. The van der Waals surface area contributed by atoms with E-state index in [1.165, 1.54) is 44.1 Å². The van der Waals surface area contributed by atoms with Crippen molar-refractivity contribution in [2.45, 2.75) is 64.1 Å². The molecule has 5 rings (SSSR count). The van der Waals surface area contributed by atoms with Gasteiger partial charge in [-0.05, 0) is 49.4 Å². The molecule has 0 unspecified atom stereocenters. The van der Waals surface area contributed by atoms with Crippen LogP contribution in [-0.4, -0.2) is 56.2 Å². The highest BCUT2D eigenvalue weighted by Gasteiger charge is 2.31. The van der Waals surface area contributed by atoms with E-state index in [9.17, 15) is 4.79 Å². The second-order valence-corrected chi connectivity index (χ2v) is 9.85. The van der Waals surface area contributed by atoms with E-state index in [1.807, 2.05) is 10.7 Å². The predicted molar refractivity (Wildman–Crippen MR) is 123 cm³/mol. The van der Waals surface area contributed by atoms with E-state index >= 15 is 0 Å². The largest absolute Gasteiger partial charge is 0.340 e. The smallest absolute Gasteiger partial charge is 0.222 e. The average molecular weight is 440 g/mol. The lowest BCUT2D eigenvalue weighted by Gasteiger charge is -2.35. The molecule has 0 bridgehead atoms. The molecule has 0 spiro atoms. The Morgan fingerprint density at radius 2 is 1.71 bits per heavy atom. The number of carbonyl (C=O) groups excluding carboxylic acids is 1. The lowest BCUT2D eigenvalue weighted by molar-refractivity contribution is -0.134. The molecule has 1 aromatic carbocycles. The molecule has 0 N–H and O–H groups in total. The Labute approximate surface area is 189 Å². The van der Waals surface area contributed by atoms with Gasteiger partial charge >= 0.3 is 0 Å². The predicted octanol–water partition coefficient (Wildman–Crippen LogP) is 4.02. The number of aromatic nitrogens is 3. The number of benzene rings is 1. The van der Waals surface area contributed by atoms with Gasteiger partial charge in [0.05, 0.1) is 13.2 Å². The zero-order valence-corrected chi connectivity index (χ0v) is 19.1. The maximum absolute atomic E-state index is 12.6. The summed E-state index contributed by atoms with van der Waals surface area (Å²) in [7, 11) is 0. The molecule has 3 aliphatic rings. The highest BCUT2D eigenvalue weighted by molar-refractivity contribution is 7.71. The number of amides is 1. The van der Waals surface area contributed by atoms with Gasteiger partial charge in [-0.1, -0.05) is 43.2 Å². The summed E-state index contributed by atoms with van der Waals surface area (Å²) >= 11 is 5.84. The second kappa shape index (κ2) is 9.25. The molecule has 2 heterocycles. The van der Waals surface area contributed by atoms with Gasteiger partial charge in [-0.25, -0.2) is 4.68 Å². The van der Waals surface area contributed by atoms with Crippen molar-refractivity contribution in [3.05, 3.63) is 46.5 Å². The third-order valence-corrected chi connectivity index (χ3v) is 7.51. The van der Waals surface area contributed by atoms with Crippen molar-refractivity contribution in [1.29, 1.82) is 0 Å². The van der Waals surface area contributed by atoms with E-state index in [0.29, 0.717) is 24.4 Å². The van der Waals surface area contributed by atoms with Crippen LogP contribution < -0.4 is 0 Å². The Balaban J connectivity index is 1.21. The van der Waals surface area contributed by atoms with E-state index < -0.39 is 0 Å². The Morgan fingerprint density at radius 3 is 2.39 bits per heavy atom. The Morgan fingerprint density at radius 1 is 1.00 bits per heavy atom. The number of hydrogen-bond donors (Lipinski definition) is 0. The fourth-order valence-corrected chi connectivity index (χ4v) is 5.28. The summed E-state index contributed by atoms with van der Waals surface area (Å²) in [5.74, 6) is 2.67. The molecule has 1 aliphatic heterocycles. The molecule has 0 atom stereocenters. The van der Waals surface area contributed by atoms with Gasteiger partial charge in [-0.3, -0.25) is 14.3 Å². The molecule has 2 aromatic rings. The molecule has 1 aromatic heterocycles. The summed E-state index contributed by atoms with van der Waals surface area (Å²) < 4.78 is 5.04. The van der Waals surface area contributed by atoms with Crippen molar-refractivity contribution < 1.29 is 4.79 Å². The van der Waals surface area contributed by atoms with Crippen LogP contribution in [0.3, 0.4) is 0 Å². The summed E-state index contributed by atoms with van der Waals surface area (Å²) in [5, 5.41) is 4.94. The lowest BCUT2D eigenvalue weighted by atomic mass is 10.0. The Bertz CT molecular complexity index is 950. The van der Waals surface area contributed by atoms with Crippen molar-refractivity contribution >= 4 is 18.1 Å². The fourth-order valence-electron chi connectivity index (χ4n) is 5.03. The van der Waals surface area contributed by atoms with Crippen LogP contribution in [0.1, 0.15) is 62.3 Å². The first-order valence-corrected chi connectivity index (χ1v) is 12.3. The summed E-state index contributed by atoms with van der Waals surface area (Å²) in [6.45, 7) is 4.92. The molecule has 7 heteroatoms. The van der Waals surface area contributed by atoms with Crippen LogP contribution in [0.25, 0.3) is 0 Å². The normalized spacial score (nSPS) is 20.5. The zero-order chi connectivity index (χ0) is 21.2. The van der Waals surface area contributed by atoms with Gasteiger partial charge in [0.2, 0.25) is 5.91 Å². The number of rotatable bonds is 7. The third kappa shape index (κ3) is 4.93. The monoisotopic (exact) mass is 439 g/mol. The molecule has 2 aliphatic carbocycles.